The fourth-order valence-electron chi connectivity index (χ4n) is 1.23. The van der Waals surface area contributed by atoms with E-state index >= 15 is 0 Å². The lowest BCUT2D eigenvalue weighted by Gasteiger charge is -2.22. The molecular weight excluding hydrogens is 220 g/mol. The second-order valence-electron chi connectivity index (χ2n) is 3.17. The number of nitrogens with one attached hydrogen (secondary N) is 2. The van der Waals surface area contributed by atoms with Gasteiger partial charge in [0.1, 0.15) is 0 Å². The minimum atomic E-state index is -1.12. The minimum Gasteiger partial charge on any atom is -0.479 e. The maximum atomic E-state index is 11.1. The Bertz CT molecular complexity index is 231. The van der Waals surface area contributed by atoms with E-state index in [1.54, 1.807) is 11.8 Å². The van der Waals surface area contributed by atoms with E-state index in [2.05, 4.69) is 10.2 Å². The lowest BCUT2D eigenvalue weighted by Crippen LogP contribution is -2.44. The number of amides is 2. The van der Waals surface area contributed by atoms with E-state index in [0.29, 0.717) is 0 Å². The van der Waals surface area contributed by atoms with Crippen LogP contribution < -0.4 is 10.8 Å². The van der Waals surface area contributed by atoms with Gasteiger partial charge in [-0.05, 0) is 18.6 Å². The van der Waals surface area contributed by atoms with E-state index in [4.69, 9.17) is 5.11 Å². The molecule has 0 spiro atoms. The number of thioether (sulfide) groups is 1. The summed E-state index contributed by atoms with van der Waals surface area (Å²) in [5, 5.41) is 11.0. The van der Waals surface area contributed by atoms with Crippen molar-refractivity contribution in [2.24, 2.45) is 0 Å². The summed E-state index contributed by atoms with van der Waals surface area (Å²) in [6, 6.07) is -0.332. The van der Waals surface area contributed by atoms with E-state index in [1.165, 1.54) is 0 Å². The summed E-state index contributed by atoms with van der Waals surface area (Å²) in [5.74, 6) is 0.908. The number of aliphatic carboxylic acids is 1. The van der Waals surface area contributed by atoms with Crippen molar-refractivity contribution in [2.45, 2.75) is 18.9 Å². The zero-order valence-electron chi connectivity index (χ0n) is 8.19. The molecule has 0 saturated carbocycles. The molecule has 1 aliphatic rings. The van der Waals surface area contributed by atoms with Crippen LogP contribution in [0.4, 0.5) is 4.79 Å². The molecule has 1 atom stereocenters. The van der Waals surface area contributed by atoms with Gasteiger partial charge in [0.25, 0.3) is 0 Å². The fourth-order valence-corrected chi connectivity index (χ4v) is 2.30. The number of carbonyl (C=O) groups excluding carboxylic acids is 1. The average Bonchev–Trinajstić information content (AvgIpc) is 2.18. The molecule has 0 bridgehead atoms. The number of urea groups is 1. The van der Waals surface area contributed by atoms with Gasteiger partial charge in [0.05, 0.1) is 0 Å². The third-order valence-electron chi connectivity index (χ3n) is 1.86. The second-order valence-corrected chi connectivity index (χ2v) is 4.32. The Morgan fingerprint density at radius 1 is 1.53 bits per heavy atom. The smallest absolute Gasteiger partial charge is 0.338 e. The number of carboxylic acid groups (broad SMARTS) is 1. The number of hydroxylamine groups is 1. The van der Waals surface area contributed by atoms with Gasteiger partial charge in [-0.2, -0.15) is 11.8 Å². The van der Waals surface area contributed by atoms with Gasteiger partial charge in [-0.15, -0.1) is 0 Å². The molecular formula is C8H14N2O4S. The van der Waals surface area contributed by atoms with Crippen LogP contribution in [0.25, 0.3) is 0 Å². The highest BCUT2D eigenvalue weighted by Crippen LogP contribution is 2.16. The van der Waals surface area contributed by atoms with Crippen LogP contribution in [0.2, 0.25) is 0 Å². The normalized spacial score (nSPS) is 20.7. The molecule has 86 valence electrons. The Morgan fingerprint density at radius 3 is 2.93 bits per heavy atom. The molecule has 2 amide bonds. The minimum absolute atomic E-state index is 0.150. The Labute approximate surface area is 91.7 Å². The third-order valence-corrected chi connectivity index (χ3v) is 3.07. The van der Waals surface area contributed by atoms with Crippen molar-refractivity contribution < 1.29 is 19.5 Å². The van der Waals surface area contributed by atoms with Gasteiger partial charge >= 0.3 is 12.0 Å². The van der Waals surface area contributed by atoms with Crippen molar-refractivity contribution in [3.05, 3.63) is 0 Å². The van der Waals surface area contributed by atoms with Gasteiger partial charge in [0.2, 0.25) is 0 Å². The third kappa shape index (κ3) is 5.48. The molecule has 1 aliphatic heterocycles. The SMILES string of the molecule is O=C(O)CONC(=O)NC1CCCSC1. The summed E-state index contributed by atoms with van der Waals surface area (Å²) >= 11 is 1.80. The van der Waals surface area contributed by atoms with Crippen LogP contribution in [0.3, 0.4) is 0 Å². The molecule has 1 heterocycles. The maximum Gasteiger partial charge on any atom is 0.338 e. The van der Waals surface area contributed by atoms with E-state index in [1.807, 2.05) is 5.48 Å². The van der Waals surface area contributed by atoms with Crippen LogP contribution in [0.5, 0.6) is 0 Å². The van der Waals surface area contributed by atoms with Crippen LogP contribution in [-0.4, -0.2) is 41.3 Å². The highest BCUT2D eigenvalue weighted by molar-refractivity contribution is 7.99. The van der Waals surface area contributed by atoms with Crippen LogP contribution in [0, 0.1) is 0 Å². The highest BCUT2D eigenvalue weighted by Gasteiger charge is 2.15. The summed E-state index contributed by atoms with van der Waals surface area (Å²) in [6.45, 7) is -0.535. The maximum absolute atomic E-state index is 11.1. The van der Waals surface area contributed by atoms with Crippen LogP contribution in [0.1, 0.15) is 12.8 Å². The first-order valence-corrected chi connectivity index (χ1v) is 5.82. The van der Waals surface area contributed by atoms with E-state index in [-0.39, 0.29) is 6.04 Å². The molecule has 1 saturated heterocycles. The molecule has 1 fully saturated rings. The number of carbonyl (C=O) groups is 2. The topological polar surface area (TPSA) is 87.7 Å². The Morgan fingerprint density at radius 2 is 2.33 bits per heavy atom. The summed E-state index contributed by atoms with van der Waals surface area (Å²) in [5.41, 5.74) is 2.02. The fraction of sp³-hybridized carbons (Fsp3) is 0.750. The Kier molecular flexibility index (Phi) is 5.27. The van der Waals surface area contributed by atoms with Gasteiger partial charge in [-0.1, -0.05) is 0 Å². The first-order valence-electron chi connectivity index (χ1n) is 4.66. The van der Waals surface area contributed by atoms with Crippen molar-refractivity contribution in [2.75, 3.05) is 18.1 Å². The molecule has 1 unspecified atom stereocenters. The predicted octanol–water partition coefficient (Wildman–Crippen LogP) is 0.197. The van der Waals surface area contributed by atoms with Crippen molar-refractivity contribution in [1.29, 1.82) is 0 Å². The van der Waals surface area contributed by atoms with Crippen molar-refractivity contribution in [3.8, 4) is 0 Å². The van der Waals surface area contributed by atoms with E-state index in [9.17, 15) is 9.59 Å². The molecule has 0 aromatic heterocycles. The molecule has 0 radical (unpaired) electrons. The summed E-state index contributed by atoms with van der Waals surface area (Å²) in [7, 11) is 0. The van der Waals surface area contributed by atoms with Gasteiger partial charge in [-0.25, -0.2) is 15.1 Å². The summed E-state index contributed by atoms with van der Waals surface area (Å²) < 4.78 is 0. The number of rotatable bonds is 4. The lowest BCUT2D eigenvalue weighted by molar-refractivity contribution is -0.144. The van der Waals surface area contributed by atoms with Gasteiger partial charge in [0.15, 0.2) is 6.61 Å². The highest BCUT2D eigenvalue weighted by atomic mass is 32.2. The van der Waals surface area contributed by atoms with Gasteiger partial charge in [-0.3, -0.25) is 4.84 Å². The predicted molar refractivity (Wildman–Crippen MR) is 55.6 cm³/mol. The number of hydrogen-bond acceptors (Lipinski definition) is 4. The Hall–Kier alpha value is -0.950. The van der Waals surface area contributed by atoms with Crippen molar-refractivity contribution in [3.63, 3.8) is 0 Å². The van der Waals surface area contributed by atoms with Crippen molar-refractivity contribution >= 4 is 23.8 Å². The standard InChI is InChI=1S/C8H14N2O4S/c11-7(12)4-14-10-8(13)9-6-2-1-3-15-5-6/h6H,1-5H2,(H,11,12)(H2,9,10,13). The van der Waals surface area contributed by atoms with Gasteiger partial charge < -0.3 is 10.4 Å². The zero-order chi connectivity index (χ0) is 11.1. The molecule has 1 rings (SSSR count). The first kappa shape index (κ1) is 12.1. The summed E-state index contributed by atoms with van der Waals surface area (Å²) in [6.07, 6.45) is 2.05. The van der Waals surface area contributed by atoms with Crippen LogP contribution >= 0.6 is 11.8 Å². The molecule has 0 aliphatic carbocycles. The molecule has 0 aromatic carbocycles. The van der Waals surface area contributed by atoms with Crippen molar-refractivity contribution in [1.82, 2.24) is 10.8 Å². The zero-order valence-corrected chi connectivity index (χ0v) is 9.01. The quantitative estimate of drug-likeness (QED) is 0.605. The van der Waals surface area contributed by atoms with E-state index in [0.717, 1.165) is 24.3 Å². The monoisotopic (exact) mass is 234 g/mol. The van der Waals surface area contributed by atoms with Gasteiger partial charge in [0, 0.05) is 11.8 Å². The average molecular weight is 234 g/mol. The molecule has 0 aromatic rings. The van der Waals surface area contributed by atoms with Crippen LogP contribution in [0.15, 0.2) is 0 Å². The largest absolute Gasteiger partial charge is 0.479 e. The van der Waals surface area contributed by atoms with E-state index < -0.39 is 18.6 Å². The molecule has 15 heavy (non-hydrogen) atoms. The van der Waals surface area contributed by atoms with Crippen LogP contribution in [-0.2, 0) is 9.63 Å². The number of hydrogen-bond donors (Lipinski definition) is 3. The first-order chi connectivity index (χ1) is 7.18. The Balaban J connectivity index is 2.09. The lowest BCUT2D eigenvalue weighted by atomic mass is 10.2. The second kappa shape index (κ2) is 6.52. The summed E-state index contributed by atoms with van der Waals surface area (Å²) in [4.78, 5) is 25.6. The molecule has 7 heteroatoms. The molecule has 6 nitrogen and oxygen atoms in total. The number of carboxylic acids is 1. The molecule has 3 N–H and O–H groups in total.